The summed E-state index contributed by atoms with van der Waals surface area (Å²) in [5.41, 5.74) is 0.405. The summed E-state index contributed by atoms with van der Waals surface area (Å²) in [7, 11) is 0. The molecule has 1 atom stereocenters. The molecule has 0 aliphatic rings. The normalized spacial score (nSPS) is 11.8. The zero-order valence-corrected chi connectivity index (χ0v) is 11.4. The van der Waals surface area contributed by atoms with Crippen LogP contribution in [0.5, 0.6) is 11.8 Å². The van der Waals surface area contributed by atoms with Gasteiger partial charge in [-0.3, -0.25) is 14.9 Å². The molecule has 0 radical (unpaired) electrons. The Morgan fingerprint density at radius 3 is 2.64 bits per heavy atom. The highest BCUT2D eigenvalue weighted by Crippen LogP contribution is 2.19. The number of carboxylic acid groups (broad SMARTS) is 2. The highest BCUT2D eigenvalue weighted by Gasteiger charge is 2.20. The standard InChI is InChI=1S/C14H14N2O6/c17-12(18)6-11(13(19)20)15-7-9-8-21-14(16-9)22-10-4-2-1-3-5-10/h1-5,8,11,15H,6-7H2,(H,17,18)(H,19,20)/t11-/m0/s1. The number of carboxylic acids is 2. The van der Waals surface area contributed by atoms with Crippen molar-refractivity contribution in [2.45, 2.75) is 19.0 Å². The fourth-order valence-corrected chi connectivity index (χ4v) is 1.65. The van der Waals surface area contributed by atoms with Crippen molar-refractivity contribution < 1.29 is 29.0 Å². The van der Waals surface area contributed by atoms with Gasteiger partial charge in [0, 0.05) is 6.54 Å². The van der Waals surface area contributed by atoms with Crippen LogP contribution in [0.2, 0.25) is 0 Å². The van der Waals surface area contributed by atoms with Crippen molar-refractivity contribution in [1.82, 2.24) is 10.3 Å². The summed E-state index contributed by atoms with van der Waals surface area (Å²) in [5.74, 6) is -1.89. The van der Waals surface area contributed by atoms with E-state index >= 15 is 0 Å². The van der Waals surface area contributed by atoms with Crippen molar-refractivity contribution in [3.05, 3.63) is 42.3 Å². The molecule has 8 heteroatoms. The fourth-order valence-electron chi connectivity index (χ4n) is 1.65. The van der Waals surface area contributed by atoms with Gasteiger partial charge in [0.1, 0.15) is 18.1 Å². The molecule has 0 unspecified atom stereocenters. The molecule has 1 aromatic carbocycles. The number of oxazole rings is 1. The van der Waals surface area contributed by atoms with E-state index in [0.29, 0.717) is 11.4 Å². The van der Waals surface area contributed by atoms with Crippen molar-refractivity contribution in [2.24, 2.45) is 0 Å². The van der Waals surface area contributed by atoms with Crippen LogP contribution in [0.4, 0.5) is 0 Å². The topological polar surface area (TPSA) is 122 Å². The van der Waals surface area contributed by atoms with Gasteiger partial charge in [-0.05, 0) is 12.1 Å². The number of aromatic nitrogens is 1. The Bertz CT molecular complexity index is 640. The van der Waals surface area contributed by atoms with Crippen LogP contribution in [-0.4, -0.2) is 33.2 Å². The first-order valence-corrected chi connectivity index (χ1v) is 6.40. The largest absolute Gasteiger partial charge is 0.481 e. The average Bonchev–Trinajstić information content (AvgIpc) is 2.91. The number of nitrogens with zero attached hydrogens (tertiary/aromatic N) is 1. The van der Waals surface area contributed by atoms with Gasteiger partial charge in [-0.25, -0.2) is 0 Å². The summed E-state index contributed by atoms with van der Waals surface area (Å²) in [6.07, 6.45) is 0.805. The first-order valence-electron chi connectivity index (χ1n) is 6.40. The molecule has 22 heavy (non-hydrogen) atoms. The minimum absolute atomic E-state index is 0.0214. The molecule has 2 aromatic rings. The Labute approximate surface area is 125 Å². The van der Waals surface area contributed by atoms with E-state index in [9.17, 15) is 9.59 Å². The predicted molar refractivity (Wildman–Crippen MR) is 73.5 cm³/mol. The maximum Gasteiger partial charge on any atom is 0.399 e. The number of carbonyl (C=O) groups is 2. The lowest BCUT2D eigenvalue weighted by atomic mass is 10.2. The lowest BCUT2D eigenvalue weighted by molar-refractivity contribution is -0.146. The van der Waals surface area contributed by atoms with Gasteiger partial charge in [-0.2, -0.15) is 4.98 Å². The zero-order chi connectivity index (χ0) is 15.9. The number of para-hydroxylation sites is 1. The molecule has 0 fully saturated rings. The minimum Gasteiger partial charge on any atom is -0.481 e. The zero-order valence-electron chi connectivity index (χ0n) is 11.4. The quantitative estimate of drug-likeness (QED) is 0.670. The third-order valence-electron chi connectivity index (χ3n) is 2.69. The Morgan fingerprint density at radius 1 is 1.27 bits per heavy atom. The molecular formula is C14H14N2O6. The van der Waals surface area contributed by atoms with Gasteiger partial charge in [0.2, 0.25) is 0 Å². The number of hydrogen-bond donors (Lipinski definition) is 3. The number of aliphatic carboxylic acids is 2. The summed E-state index contributed by atoms with van der Waals surface area (Å²) in [4.78, 5) is 25.5. The summed E-state index contributed by atoms with van der Waals surface area (Å²) in [5, 5.41) is 20.1. The Kier molecular flexibility index (Phi) is 5.10. The molecule has 8 nitrogen and oxygen atoms in total. The van der Waals surface area contributed by atoms with E-state index in [1.807, 2.05) is 6.07 Å². The first-order chi connectivity index (χ1) is 10.5. The third-order valence-corrected chi connectivity index (χ3v) is 2.69. The summed E-state index contributed by atoms with van der Waals surface area (Å²) < 4.78 is 10.5. The number of nitrogens with one attached hydrogen (secondary N) is 1. The van der Waals surface area contributed by atoms with Gasteiger partial charge in [0.15, 0.2) is 0 Å². The Morgan fingerprint density at radius 2 is 2.00 bits per heavy atom. The number of benzene rings is 1. The molecule has 0 aliphatic carbocycles. The van der Waals surface area contributed by atoms with Crippen LogP contribution < -0.4 is 10.1 Å². The summed E-state index contributed by atoms with van der Waals surface area (Å²) >= 11 is 0. The van der Waals surface area contributed by atoms with Gasteiger partial charge in [0.25, 0.3) is 0 Å². The SMILES string of the molecule is O=C(O)C[C@H](NCc1coc(Oc2ccccc2)n1)C(=O)O. The molecule has 1 aromatic heterocycles. The van der Waals surface area contributed by atoms with Crippen LogP contribution in [0, 0.1) is 0 Å². The van der Waals surface area contributed by atoms with Crippen molar-refractivity contribution in [3.63, 3.8) is 0 Å². The molecule has 0 aliphatic heterocycles. The molecule has 3 N–H and O–H groups in total. The van der Waals surface area contributed by atoms with E-state index in [0.717, 1.165) is 0 Å². The van der Waals surface area contributed by atoms with E-state index < -0.39 is 24.4 Å². The van der Waals surface area contributed by atoms with E-state index in [2.05, 4.69) is 10.3 Å². The highest BCUT2D eigenvalue weighted by molar-refractivity contribution is 5.80. The van der Waals surface area contributed by atoms with Crippen molar-refractivity contribution >= 4 is 11.9 Å². The Balaban J connectivity index is 1.91. The third kappa shape index (κ3) is 4.60. The molecule has 0 bridgehead atoms. The van der Waals surface area contributed by atoms with Crippen molar-refractivity contribution in [1.29, 1.82) is 0 Å². The van der Waals surface area contributed by atoms with Crippen LogP contribution in [0.3, 0.4) is 0 Å². The van der Waals surface area contributed by atoms with Gasteiger partial charge in [-0.15, -0.1) is 0 Å². The average molecular weight is 306 g/mol. The van der Waals surface area contributed by atoms with Gasteiger partial charge in [-0.1, -0.05) is 18.2 Å². The highest BCUT2D eigenvalue weighted by atomic mass is 16.6. The molecule has 0 saturated heterocycles. The van der Waals surface area contributed by atoms with Crippen molar-refractivity contribution in [3.8, 4) is 11.8 Å². The van der Waals surface area contributed by atoms with Crippen LogP contribution in [0.15, 0.2) is 41.0 Å². The predicted octanol–water partition coefficient (Wildman–Crippen LogP) is 1.48. The van der Waals surface area contributed by atoms with E-state index in [1.165, 1.54) is 6.26 Å². The fraction of sp³-hybridized carbons (Fsp3) is 0.214. The number of ether oxygens (including phenoxy) is 1. The van der Waals surface area contributed by atoms with E-state index in [-0.39, 0.29) is 12.6 Å². The second-order valence-electron chi connectivity index (χ2n) is 4.39. The molecule has 0 spiro atoms. The smallest absolute Gasteiger partial charge is 0.399 e. The maximum atomic E-state index is 10.9. The summed E-state index contributed by atoms with van der Waals surface area (Å²) in [6.45, 7) is 0.0475. The van der Waals surface area contributed by atoms with Gasteiger partial charge >= 0.3 is 18.0 Å². The summed E-state index contributed by atoms with van der Waals surface area (Å²) in [6, 6.07) is 7.69. The molecule has 0 saturated carbocycles. The van der Waals surface area contributed by atoms with Crippen LogP contribution in [0.1, 0.15) is 12.1 Å². The molecule has 0 amide bonds. The van der Waals surface area contributed by atoms with Crippen LogP contribution in [0.25, 0.3) is 0 Å². The maximum absolute atomic E-state index is 10.9. The molecule has 116 valence electrons. The second-order valence-corrected chi connectivity index (χ2v) is 4.39. The lowest BCUT2D eigenvalue weighted by Gasteiger charge is -2.10. The van der Waals surface area contributed by atoms with E-state index in [4.69, 9.17) is 19.4 Å². The minimum atomic E-state index is -1.24. The second kappa shape index (κ2) is 7.23. The first kappa shape index (κ1) is 15.5. The molecular weight excluding hydrogens is 292 g/mol. The Hall–Kier alpha value is -2.87. The van der Waals surface area contributed by atoms with E-state index in [1.54, 1.807) is 24.3 Å². The van der Waals surface area contributed by atoms with Gasteiger partial charge in [0.05, 0.1) is 12.1 Å². The molecule has 2 rings (SSSR count). The lowest BCUT2D eigenvalue weighted by Crippen LogP contribution is -2.38. The molecule has 1 heterocycles. The van der Waals surface area contributed by atoms with Crippen molar-refractivity contribution in [2.75, 3.05) is 0 Å². The monoisotopic (exact) mass is 306 g/mol. The van der Waals surface area contributed by atoms with Gasteiger partial charge < -0.3 is 19.4 Å². The number of rotatable bonds is 8. The van der Waals surface area contributed by atoms with Crippen LogP contribution >= 0.6 is 0 Å². The number of hydrogen-bond acceptors (Lipinski definition) is 6. The van der Waals surface area contributed by atoms with Crippen LogP contribution in [-0.2, 0) is 16.1 Å².